The number of carbonyl (C=O) groups is 2. The second-order valence-electron chi connectivity index (χ2n) is 11.3. The number of aliphatic imine (C=N–C) groups is 1. The molecule has 1 saturated carbocycles. The summed E-state index contributed by atoms with van der Waals surface area (Å²) >= 11 is 0. The van der Waals surface area contributed by atoms with Crippen molar-refractivity contribution in [2.75, 3.05) is 0 Å². The van der Waals surface area contributed by atoms with E-state index in [2.05, 4.69) is 15.3 Å². The first kappa shape index (κ1) is 25.2. The fourth-order valence-corrected chi connectivity index (χ4v) is 5.66. The normalized spacial score (nSPS) is 29.0. The highest BCUT2D eigenvalue weighted by atomic mass is 19.1. The van der Waals surface area contributed by atoms with Crippen LogP contribution in [-0.4, -0.2) is 38.8 Å². The largest absolute Gasteiger partial charge is 0.487 e. The van der Waals surface area contributed by atoms with Gasteiger partial charge in [-0.2, -0.15) is 0 Å². The topological polar surface area (TPSA) is 110 Å². The fourth-order valence-electron chi connectivity index (χ4n) is 5.66. The molecule has 2 aliphatic heterocycles. The highest BCUT2D eigenvalue weighted by molar-refractivity contribution is 5.99. The van der Waals surface area contributed by atoms with Gasteiger partial charge in [-0.05, 0) is 57.2 Å². The zero-order chi connectivity index (χ0) is 26.5. The van der Waals surface area contributed by atoms with Crippen molar-refractivity contribution >= 4 is 17.8 Å². The molecule has 0 radical (unpaired) electrons. The van der Waals surface area contributed by atoms with Crippen molar-refractivity contribution in [1.82, 2.24) is 15.2 Å². The number of benzene rings is 1. The molecule has 8 nitrogen and oxygen atoms in total. The number of fused-ring (bicyclic) bond motifs is 1. The van der Waals surface area contributed by atoms with Gasteiger partial charge in [0.2, 0.25) is 11.8 Å². The molecule has 1 aromatic heterocycles. The lowest BCUT2D eigenvalue weighted by atomic mass is 9.89. The zero-order valence-corrected chi connectivity index (χ0v) is 21.7. The van der Waals surface area contributed by atoms with Gasteiger partial charge in [-0.15, -0.1) is 0 Å². The molecule has 2 aromatic rings. The van der Waals surface area contributed by atoms with Crippen LogP contribution in [0.25, 0.3) is 0 Å². The van der Waals surface area contributed by atoms with Crippen molar-refractivity contribution in [3.8, 4) is 5.75 Å². The predicted molar refractivity (Wildman–Crippen MR) is 137 cm³/mol. The van der Waals surface area contributed by atoms with Gasteiger partial charge >= 0.3 is 0 Å². The van der Waals surface area contributed by atoms with Gasteiger partial charge in [-0.1, -0.05) is 25.1 Å². The Labute approximate surface area is 216 Å². The molecular weight excluding hydrogens is 473 g/mol. The van der Waals surface area contributed by atoms with Crippen LogP contribution < -0.4 is 15.8 Å². The van der Waals surface area contributed by atoms with E-state index in [0.717, 1.165) is 17.5 Å². The number of para-hydroxylation sites is 1. The Morgan fingerprint density at radius 1 is 1.30 bits per heavy atom. The summed E-state index contributed by atoms with van der Waals surface area (Å²) in [4.78, 5) is 36.9. The number of nitrogens with two attached hydrogens (primary N) is 1. The van der Waals surface area contributed by atoms with E-state index in [0.29, 0.717) is 24.8 Å². The van der Waals surface area contributed by atoms with Crippen LogP contribution in [0.4, 0.5) is 4.39 Å². The van der Waals surface area contributed by atoms with E-state index in [1.807, 2.05) is 52.0 Å². The van der Waals surface area contributed by atoms with Crippen LogP contribution in [0, 0.1) is 17.7 Å². The van der Waals surface area contributed by atoms with Gasteiger partial charge in [-0.3, -0.25) is 19.5 Å². The number of nitrogens with one attached hydrogen (secondary N) is 1. The summed E-state index contributed by atoms with van der Waals surface area (Å²) in [6.07, 6.45) is 4.68. The maximum Gasteiger partial charge on any atom is 0.232 e. The minimum Gasteiger partial charge on any atom is -0.487 e. The average Bonchev–Trinajstić information content (AvgIpc) is 3.61. The quantitative estimate of drug-likeness (QED) is 0.614. The molecule has 2 amide bonds. The monoisotopic (exact) mass is 507 g/mol. The SMILES string of the molecule is CC[C@]1(C)CC(=O)N(C(c2cncc(F)c2)[C@@H]2C[C@H]2C(=O)N[C@@H]2CC(C)(C)Oc3ccccc32)C(N)=N1. The number of halogens is 1. The van der Waals surface area contributed by atoms with Crippen LogP contribution in [0.3, 0.4) is 0 Å². The number of aromatic nitrogens is 1. The average molecular weight is 508 g/mol. The number of ether oxygens (including phenoxy) is 1. The van der Waals surface area contributed by atoms with E-state index in [9.17, 15) is 14.0 Å². The molecule has 5 atom stereocenters. The van der Waals surface area contributed by atoms with Crippen LogP contribution in [0.2, 0.25) is 0 Å². The number of hydrogen-bond donors (Lipinski definition) is 2. The lowest BCUT2D eigenvalue weighted by Crippen LogP contribution is -2.52. The number of nitrogens with zero attached hydrogens (tertiary/aromatic N) is 3. The molecule has 1 aliphatic carbocycles. The molecule has 196 valence electrons. The van der Waals surface area contributed by atoms with Crippen molar-refractivity contribution in [1.29, 1.82) is 0 Å². The Balaban J connectivity index is 1.41. The first-order valence-electron chi connectivity index (χ1n) is 12.9. The van der Waals surface area contributed by atoms with Gasteiger partial charge in [0.15, 0.2) is 5.96 Å². The Morgan fingerprint density at radius 3 is 2.76 bits per heavy atom. The lowest BCUT2D eigenvalue weighted by molar-refractivity contribution is -0.132. The van der Waals surface area contributed by atoms with Crippen LogP contribution in [0.1, 0.15) is 76.6 Å². The van der Waals surface area contributed by atoms with E-state index < -0.39 is 23.0 Å². The van der Waals surface area contributed by atoms with Crippen molar-refractivity contribution in [2.45, 2.75) is 76.6 Å². The highest BCUT2D eigenvalue weighted by Gasteiger charge is 2.53. The smallest absolute Gasteiger partial charge is 0.232 e. The first-order valence-corrected chi connectivity index (χ1v) is 12.9. The summed E-state index contributed by atoms with van der Waals surface area (Å²) in [6.45, 7) is 7.87. The van der Waals surface area contributed by atoms with E-state index in [1.54, 1.807) is 0 Å². The summed E-state index contributed by atoms with van der Waals surface area (Å²) < 4.78 is 20.3. The number of hydrogen-bond acceptors (Lipinski definition) is 6. The van der Waals surface area contributed by atoms with Crippen LogP contribution in [0.5, 0.6) is 5.75 Å². The Bertz CT molecular complexity index is 1260. The zero-order valence-electron chi connectivity index (χ0n) is 21.7. The molecule has 37 heavy (non-hydrogen) atoms. The van der Waals surface area contributed by atoms with Gasteiger partial charge in [0.1, 0.15) is 17.2 Å². The summed E-state index contributed by atoms with van der Waals surface area (Å²) in [5.41, 5.74) is 6.79. The second-order valence-corrected chi connectivity index (χ2v) is 11.3. The van der Waals surface area contributed by atoms with Gasteiger partial charge in [0.05, 0.1) is 30.2 Å². The molecule has 5 rings (SSSR count). The summed E-state index contributed by atoms with van der Waals surface area (Å²) in [5.74, 6) is -0.527. The lowest BCUT2D eigenvalue weighted by Gasteiger charge is -2.39. The minimum atomic E-state index is -0.630. The standard InChI is InChI=1S/C28H34FN5O3/c1-5-28(4)13-23(35)34(26(30)33-28)24(16-10-17(29)15-31-14-16)19-11-20(19)25(36)32-21-12-27(2,3)37-22-9-7-6-8-18(21)22/h6-10,14-15,19-21,24H,5,11-13H2,1-4H3,(H2,30,33)(H,32,36)/t19-,20-,21-,24?,28-/m1/s1. The summed E-state index contributed by atoms with van der Waals surface area (Å²) in [7, 11) is 0. The number of pyridine rings is 1. The maximum absolute atomic E-state index is 14.2. The number of amides is 2. The Morgan fingerprint density at radius 2 is 2.05 bits per heavy atom. The molecule has 1 fully saturated rings. The van der Waals surface area contributed by atoms with Gasteiger partial charge < -0.3 is 15.8 Å². The van der Waals surface area contributed by atoms with Crippen molar-refractivity contribution in [3.63, 3.8) is 0 Å². The second kappa shape index (κ2) is 9.11. The van der Waals surface area contributed by atoms with Crippen LogP contribution >= 0.6 is 0 Å². The predicted octanol–water partition coefficient (Wildman–Crippen LogP) is 4.03. The molecular formula is C28H34FN5O3. The minimum absolute atomic E-state index is 0.0982. The maximum atomic E-state index is 14.2. The third-order valence-electron chi connectivity index (χ3n) is 7.81. The molecule has 0 saturated heterocycles. The van der Waals surface area contributed by atoms with E-state index in [1.165, 1.54) is 17.2 Å². The third kappa shape index (κ3) is 4.91. The Kier molecular flexibility index (Phi) is 6.20. The molecule has 1 unspecified atom stereocenters. The van der Waals surface area contributed by atoms with Crippen molar-refractivity contribution in [2.24, 2.45) is 22.6 Å². The molecule has 9 heteroatoms. The number of guanidine groups is 1. The number of rotatable bonds is 6. The van der Waals surface area contributed by atoms with Crippen molar-refractivity contribution < 1.29 is 18.7 Å². The van der Waals surface area contributed by atoms with Crippen LogP contribution in [0.15, 0.2) is 47.7 Å². The molecule has 1 aromatic carbocycles. The van der Waals surface area contributed by atoms with Crippen LogP contribution in [-0.2, 0) is 9.59 Å². The Hall–Kier alpha value is -3.49. The summed E-state index contributed by atoms with van der Waals surface area (Å²) in [6, 6.07) is 8.26. The molecule has 0 bridgehead atoms. The molecule has 3 aliphatic rings. The van der Waals surface area contributed by atoms with E-state index in [4.69, 9.17) is 10.5 Å². The van der Waals surface area contributed by atoms with Gasteiger partial charge in [0.25, 0.3) is 0 Å². The molecule has 3 N–H and O–H groups in total. The highest BCUT2D eigenvalue weighted by Crippen LogP contribution is 2.52. The summed E-state index contributed by atoms with van der Waals surface area (Å²) in [5, 5.41) is 3.21. The molecule has 3 heterocycles. The third-order valence-corrected chi connectivity index (χ3v) is 7.81. The molecule has 0 spiro atoms. The van der Waals surface area contributed by atoms with Gasteiger partial charge in [-0.25, -0.2) is 9.38 Å². The van der Waals surface area contributed by atoms with Gasteiger partial charge in [0, 0.05) is 24.1 Å². The fraction of sp³-hybridized carbons (Fsp3) is 0.500. The number of carbonyl (C=O) groups excluding carboxylic acids is 2. The first-order chi connectivity index (χ1) is 17.5. The van der Waals surface area contributed by atoms with E-state index in [-0.39, 0.29) is 42.1 Å². The van der Waals surface area contributed by atoms with E-state index >= 15 is 0 Å². The van der Waals surface area contributed by atoms with Crippen molar-refractivity contribution in [3.05, 3.63) is 59.7 Å².